The summed E-state index contributed by atoms with van der Waals surface area (Å²) in [4.78, 5) is 13.7. The van der Waals surface area contributed by atoms with Gasteiger partial charge in [-0.2, -0.15) is 0 Å². The SMILES string of the molecule is COCc1cccc(C(C(=O)O)N(C)CC2CCOCC2)c1. The number of carboxylic acid groups (broad SMARTS) is 1. The maximum atomic E-state index is 11.8. The molecule has 1 aliphatic heterocycles. The van der Waals surface area contributed by atoms with Crippen LogP contribution in [0.3, 0.4) is 0 Å². The van der Waals surface area contributed by atoms with Crippen molar-refractivity contribution in [3.63, 3.8) is 0 Å². The molecule has 0 saturated carbocycles. The molecule has 0 aromatic heterocycles. The minimum atomic E-state index is -0.816. The van der Waals surface area contributed by atoms with Crippen molar-refractivity contribution in [1.82, 2.24) is 4.90 Å². The quantitative estimate of drug-likeness (QED) is 0.838. The lowest BCUT2D eigenvalue weighted by molar-refractivity contribution is -0.143. The van der Waals surface area contributed by atoms with Crippen LogP contribution in [0, 0.1) is 5.92 Å². The van der Waals surface area contributed by atoms with Crippen molar-refractivity contribution in [2.75, 3.05) is 33.9 Å². The fraction of sp³-hybridized carbons (Fsp3) is 0.588. The minimum absolute atomic E-state index is 0.490. The Hall–Kier alpha value is -1.43. The maximum absolute atomic E-state index is 11.8. The van der Waals surface area contributed by atoms with Crippen LogP contribution in [0.25, 0.3) is 0 Å². The fourth-order valence-electron chi connectivity index (χ4n) is 3.05. The molecular weight excluding hydrogens is 282 g/mol. The Bertz CT molecular complexity index is 485. The molecule has 5 heteroatoms. The highest BCUT2D eigenvalue weighted by atomic mass is 16.5. The van der Waals surface area contributed by atoms with Crippen molar-refractivity contribution in [1.29, 1.82) is 0 Å². The van der Waals surface area contributed by atoms with Crippen LogP contribution in [-0.4, -0.2) is 49.9 Å². The molecule has 1 saturated heterocycles. The van der Waals surface area contributed by atoms with Gasteiger partial charge in [-0.25, -0.2) is 0 Å². The van der Waals surface area contributed by atoms with Gasteiger partial charge in [0.25, 0.3) is 0 Å². The van der Waals surface area contributed by atoms with Gasteiger partial charge in [0.05, 0.1) is 6.61 Å². The van der Waals surface area contributed by atoms with E-state index >= 15 is 0 Å². The van der Waals surface area contributed by atoms with Crippen LogP contribution in [0.5, 0.6) is 0 Å². The molecule has 1 heterocycles. The Labute approximate surface area is 131 Å². The first kappa shape index (κ1) is 16.9. The summed E-state index contributed by atoms with van der Waals surface area (Å²) >= 11 is 0. The average molecular weight is 307 g/mol. The van der Waals surface area contributed by atoms with Crippen molar-refractivity contribution in [3.8, 4) is 0 Å². The van der Waals surface area contributed by atoms with Gasteiger partial charge in [0.2, 0.25) is 0 Å². The number of carbonyl (C=O) groups is 1. The zero-order chi connectivity index (χ0) is 15.9. The molecular formula is C17H25NO4. The molecule has 0 bridgehead atoms. The van der Waals surface area contributed by atoms with Gasteiger partial charge in [-0.05, 0) is 36.9 Å². The van der Waals surface area contributed by atoms with Crippen molar-refractivity contribution in [2.45, 2.75) is 25.5 Å². The molecule has 1 unspecified atom stereocenters. The van der Waals surface area contributed by atoms with Crippen LogP contribution < -0.4 is 0 Å². The average Bonchev–Trinajstić information content (AvgIpc) is 2.48. The third-order valence-corrected chi connectivity index (χ3v) is 4.14. The largest absolute Gasteiger partial charge is 0.480 e. The van der Waals surface area contributed by atoms with E-state index in [4.69, 9.17) is 9.47 Å². The number of hydrogen-bond acceptors (Lipinski definition) is 4. The van der Waals surface area contributed by atoms with Gasteiger partial charge in [-0.15, -0.1) is 0 Å². The summed E-state index contributed by atoms with van der Waals surface area (Å²) in [5, 5.41) is 9.65. The molecule has 0 amide bonds. The zero-order valence-corrected chi connectivity index (χ0v) is 13.3. The van der Waals surface area contributed by atoms with Gasteiger partial charge >= 0.3 is 5.97 Å². The van der Waals surface area contributed by atoms with Crippen LogP contribution in [0.1, 0.15) is 30.0 Å². The molecule has 0 radical (unpaired) electrons. The number of ether oxygens (including phenoxy) is 2. The second-order valence-electron chi connectivity index (χ2n) is 5.91. The predicted octanol–water partition coefficient (Wildman–Crippen LogP) is 2.32. The number of methoxy groups -OCH3 is 1. The first-order chi connectivity index (χ1) is 10.6. The number of rotatable bonds is 7. The summed E-state index contributed by atoms with van der Waals surface area (Å²) in [7, 11) is 3.52. The smallest absolute Gasteiger partial charge is 0.325 e. The molecule has 1 fully saturated rings. The number of nitrogens with zero attached hydrogens (tertiary/aromatic N) is 1. The Kier molecular flexibility index (Phi) is 6.36. The van der Waals surface area contributed by atoms with Crippen LogP contribution in [0.15, 0.2) is 24.3 Å². The summed E-state index contributed by atoms with van der Waals surface area (Å²) in [6.07, 6.45) is 2.00. The van der Waals surface area contributed by atoms with E-state index in [-0.39, 0.29) is 0 Å². The zero-order valence-electron chi connectivity index (χ0n) is 13.3. The molecule has 5 nitrogen and oxygen atoms in total. The third-order valence-electron chi connectivity index (χ3n) is 4.14. The van der Waals surface area contributed by atoms with E-state index in [0.717, 1.165) is 43.7 Å². The van der Waals surface area contributed by atoms with E-state index in [1.807, 2.05) is 36.2 Å². The van der Waals surface area contributed by atoms with Crippen molar-refractivity contribution < 1.29 is 19.4 Å². The number of likely N-dealkylation sites (N-methyl/N-ethyl adjacent to an activating group) is 1. The Morgan fingerprint density at radius 3 is 2.82 bits per heavy atom. The fourth-order valence-corrected chi connectivity index (χ4v) is 3.05. The summed E-state index contributed by atoms with van der Waals surface area (Å²) in [6.45, 7) is 2.82. The third kappa shape index (κ3) is 4.53. The summed E-state index contributed by atoms with van der Waals surface area (Å²) in [5.74, 6) is -0.313. The molecule has 2 rings (SSSR count). The number of benzene rings is 1. The van der Waals surface area contributed by atoms with E-state index in [2.05, 4.69) is 0 Å². The standard InChI is InChI=1S/C17H25NO4/c1-18(11-13-6-8-22-9-7-13)16(17(19)20)15-5-3-4-14(10-15)12-21-2/h3-5,10,13,16H,6-9,11-12H2,1-2H3,(H,19,20). The highest BCUT2D eigenvalue weighted by Gasteiger charge is 2.27. The van der Waals surface area contributed by atoms with Gasteiger partial charge < -0.3 is 14.6 Å². The molecule has 1 aromatic rings. The van der Waals surface area contributed by atoms with E-state index in [1.165, 1.54) is 0 Å². The number of hydrogen-bond donors (Lipinski definition) is 1. The molecule has 122 valence electrons. The predicted molar refractivity (Wildman–Crippen MR) is 83.7 cm³/mol. The monoisotopic (exact) mass is 307 g/mol. The van der Waals surface area contributed by atoms with Crippen molar-refractivity contribution in [2.24, 2.45) is 5.92 Å². The molecule has 1 aliphatic rings. The van der Waals surface area contributed by atoms with Gasteiger partial charge in [0, 0.05) is 26.9 Å². The molecule has 0 spiro atoms. The lowest BCUT2D eigenvalue weighted by Gasteiger charge is -2.31. The summed E-state index contributed by atoms with van der Waals surface area (Å²) < 4.78 is 10.5. The number of carboxylic acids is 1. The van der Waals surface area contributed by atoms with Crippen LogP contribution in [0.2, 0.25) is 0 Å². The topological polar surface area (TPSA) is 59.0 Å². The Morgan fingerprint density at radius 1 is 1.45 bits per heavy atom. The van der Waals surface area contributed by atoms with Gasteiger partial charge in [0.1, 0.15) is 6.04 Å². The molecule has 1 N–H and O–H groups in total. The highest BCUT2D eigenvalue weighted by Crippen LogP contribution is 2.24. The van der Waals surface area contributed by atoms with Gasteiger partial charge in [0.15, 0.2) is 0 Å². The maximum Gasteiger partial charge on any atom is 0.325 e. The lowest BCUT2D eigenvalue weighted by Crippen LogP contribution is -2.36. The second-order valence-corrected chi connectivity index (χ2v) is 5.91. The van der Waals surface area contributed by atoms with E-state index in [1.54, 1.807) is 7.11 Å². The van der Waals surface area contributed by atoms with E-state index < -0.39 is 12.0 Å². The van der Waals surface area contributed by atoms with Crippen LogP contribution >= 0.6 is 0 Å². The van der Waals surface area contributed by atoms with Crippen molar-refractivity contribution in [3.05, 3.63) is 35.4 Å². The summed E-state index contributed by atoms with van der Waals surface area (Å²) in [5.41, 5.74) is 1.79. The van der Waals surface area contributed by atoms with Crippen LogP contribution in [0.4, 0.5) is 0 Å². The van der Waals surface area contributed by atoms with Gasteiger partial charge in [-0.1, -0.05) is 24.3 Å². The van der Waals surface area contributed by atoms with Gasteiger partial charge in [-0.3, -0.25) is 9.69 Å². The molecule has 0 aliphatic carbocycles. The van der Waals surface area contributed by atoms with Crippen molar-refractivity contribution >= 4 is 5.97 Å². The Balaban J connectivity index is 2.10. The van der Waals surface area contributed by atoms with Crippen LogP contribution in [-0.2, 0) is 20.9 Å². The lowest BCUT2D eigenvalue weighted by atomic mass is 9.97. The number of aliphatic carboxylic acids is 1. The summed E-state index contributed by atoms with van der Waals surface area (Å²) in [6, 6.07) is 7.01. The molecule has 1 atom stereocenters. The van der Waals surface area contributed by atoms with E-state index in [0.29, 0.717) is 12.5 Å². The Morgan fingerprint density at radius 2 is 2.18 bits per heavy atom. The van der Waals surface area contributed by atoms with E-state index in [9.17, 15) is 9.90 Å². The normalized spacial score (nSPS) is 17.6. The molecule has 22 heavy (non-hydrogen) atoms. The minimum Gasteiger partial charge on any atom is -0.480 e. The first-order valence-electron chi connectivity index (χ1n) is 7.70. The first-order valence-corrected chi connectivity index (χ1v) is 7.70. The highest BCUT2D eigenvalue weighted by molar-refractivity contribution is 5.75. The molecule has 1 aromatic carbocycles. The second kappa shape index (κ2) is 8.27.